The van der Waals surface area contributed by atoms with Gasteiger partial charge in [0.05, 0.1) is 5.92 Å². The number of carboxylic acids is 1. The van der Waals surface area contributed by atoms with E-state index in [1.165, 1.54) is 44.9 Å². The molecule has 0 saturated carbocycles. The van der Waals surface area contributed by atoms with Crippen LogP contribution in [0.25, 0.3) is 0 Å². The molecule has 0 aliphatic carbocycles. The Morgan fingerprint density at radius 2 is 1.53 bits per heavy atom. The third-order valence-electron chi connectivity index (χ3n) is 3.27. The molecule has 3 nitrogen and oxygen atoms in total. The molecule has 0 aliphatic heterocycles. The lowest BCUT2D eigenvalue weighted by atomic mass is 9.97. The molecule has 102 valence electrons. The average molecular weight is 243 g/mol. The van der Waals surface area contributed by atoms with E-state index in [0.29, 0.717) is 13.0 Å². The van der Waals surface area contributed by atoms with Crippen molar-refractivity contribution in [3.8, 4) is 0 Å². The van der Waals surface area contributed by atoms with Crippen molar-refractivity contribution in [3.05, 3.63) is 0 Å². The molecule has 0 rings (SSSR count). The lowest BCUT2D eigenvalue weighted by Gasteiger charge is -2.10. The molecule has 0 fully saturated rings. The first-order valence-corrected chi connectivity index (χ1v) is 7.15. The summed E-state index contributed by atoms with van der Waals surface area (Å²) in [6.07, 6.45) is 11.5. The maximum absolute atomic E-state index is 10.9. The largest absolute Gasteiger partial charge is 0.481 e. The fraction of sp³-hybridized carbons (Fsp3) is 0.929. The van der Waals surface area contributed by atoms with Crippen LogP contribution in [0.1, 0.15) is 71.1 Å². The van der Waals surface area contributed by atoms with E-state index in [1.54, 1.807) is 0 Å². The highest BCUT2D eigenvalue weighted by molar-refractivity contribution is 5.69. The van der Waals surface area contributed by atoms with E-state index in [2.05, 4.69) is 6.92 Å². The molecular formula is C14H29NO2. The quantitative estimate of drug-likeness (QED) is 0.515. The van der Waals surface area contributed by atoms with Crippen molar-refractivity contribution in [1.82, 2.24) is 0 Å². The van der Waals surface area contributed by atoms with Crippen LogP contribution in [0.2, 0.25) is 0 Å². The summed E-state index contributed by atoms with van der Waals surface area (Å²) in [5.41, 5.74) is 5.40. The Bertz CT molecular complexity index is 183. The summed E-state index contributed by atoms with van der Waals surface area (Å²) < 4.78 is 0. The summed E-state index contributed by atoms with van der Waals surface area (Å²) in [4.78, 5) is 10.9. The molecular weight excluding hydrogens is 214 g/mol. The van der Waals surface area contributed by atoms with Gasteiger partial charge in [0.2, 0.25) is 0 Å². The van der Waals surface area contributed by atoms with Crippen LogP contribution in [0.4, 0.5) is 0 Å². The Morgan fingerprint density at radius 3 is 2.00 bits per heavy atom. The van der Waals surface area contributed by atoms with Gasteiger partial charge in [-0.1, -0.05) is 58.3 Å². The summed E-state index contributed by atoms with van der Waals surface area (Å²) in [5.74, 6) is -0.904. The first-order chi connectivity index (χ1) is 8.22. The van der Waals surface area contributed by atoms with Gasteiger partial charge in [-0.15, -0.1) is 0 Å². The summed E-state index contributed by atoms with van der Waals surface area (Å²) in [7, 11) is 0. The van der Waals surface area contributed by atoms with Crippen LogP contribution < -0.4 is 5.73 Å². The molecule has 0 aliphatic rings. The van der Waals surface area contributed by atoms with Crippen molar-refractivity contribution in [3.63, 3.8) is 0 Å². The van der Waals surface area contributed by atoms with Crippen molar-refractivity contribution >= 4 is 5.97 Å². The van der Waals surface area contributed by atoms with Crippen LogP contribution in [0.15, 0.2) is 0 Å². The summed E-state index contributed by atoms with van der Waals surface area (Å²) in [6.45, 7) is 2.71. The molecule has 0 saturated heterocycles. The second-order valence-corrected chi connectivity index (χ2v) is 4.88. The molecule has 17 heavy (non-hydrogen) atoms. The molecule has 0 bridgehead atoms. The highest BCUT2D eigenvalue weighted by Crippen LogP contribution is 2.15. The first-order valence-electron chi connectivity index (χ1n) is 7.15. The van der Waals surface area contributed by atoms with E-state index in [9.17, 15) is 4.79 Å². The normalized spacial score (nSPS) is 12.6. The Morgan fingerprint density at radius 1 is 1.00 bits per heavy atom. The molecule has 3 N–H and O–H groups in total. The van der Waals surface area contributed by atoms with Crippen molar-refractivity contribution in [2.45, 2.75) is 71.1 Å². The van der Waals surface area contributed by atoms with Gasteiger partial charge in [0.25, 0.3) is 0 Å². The van der Waals surface area contributed by atoms with Crippen molar-refractivity contribution in [2.24, 2.45) is 11.7 Å². The van der Waals surface area contributed by atoms with Gasteiger partial charge in [0.15, 0.2) is 0 Å². The van der Waals surface area contributed by atoms with Gasteiger partial charge in [-0.3, -0.25) is 4.79 Å². The van der Waals surface area contributed by atoms with Crippen LogP contribution >= 0.6 is 0 Å². The second-order valence-electron chi connectivity index (χ2n) is 4.88. The molecule has 0 aromatic heterocycles. The number of unbranched alkanes of at least 4 members (excludes halogenated alkanes) is 7. The smallest absolute Gasteiger partial charge is 0.306 e. The second kappa shape index (κ2) is 11.9. The average Bonchev–Trinajstić information content (AvgIpc) is 2.31. The fourth-order valence-electron chi connectivity index (χ4n) is 2.12. The third-order valence-corrected chi connectivity index (χ3v) is 3.27. The minimum absolute atomic E-state index is 0.222. The Labute approximate surface area is 106 Å². The molecule has 0 radical (unpaired) electrons. The van der Waals surface area contributed by atoms with E-state index < -0.39 is 5.97 Å². The topological polar surface area (TPSA) is 63.3 Å². The SMILES string of the molecule is CCCCCCCCCCC(CCN)C(=O)O. The van der Waals surface area contributed by atoms with E-state index in [1.807, 2.05) is 0 Å². The maximum Gasteiger partial charge on any atom is 0.306 e. The lowest BCUT2D eigenvalue weighted by molar-refractivity contribution is -0.142. The van der Waals surface area contributed by atoms with Crippen molar-refractivity contribution in [1.29, 1.82) is 0 Å². The van der Waals surface area contributed by atoms with Gasteiger partial charge < -0.3 is 10.8 Å². The maximum atomic E-state index is 10.9. The summed E-state index contributed by atoms with van der Waals surface area (Å²) >= 11 is 0. The highest BCUT2D eigenvalue weighted by atomic mass is 16.4. The van der Waals surface area contributed by atoms with Gasteiger partial charge in [0, 0.05) is 0 Å². The number of carbonyl (C=O) groups is 1. The number of hydrogen-bond acceptors (Lipinski definition) is 2. The standard InChI is InChI=1S/C14H29NO2/c1-2-3-4-5-6-7-8-9-10-13(11-12-15)14(16)17/h13H,2-12,15H2,1H3,(H,16,17). The zero-order valence-corrected chi connectivity index (χ0v) is 11.3. The summed E-state index contributed by atoms with van der Waals surface area (Å²) in [5, 5.41) is 8.95. The molecule has 0 heterocycles. The first kappa shape index (κ1) is 16.4. The minimum atomic E-state index is -0.682. The van der Waals surface area contributed by atoms with Gasteiger partial charge in [-0.05, 0) is 19.4 Å². The van der Waals surface area contributed by atoms with Crippen molar-refractivity contribution in [2.75, 3.05) is 6.54 Å². The summed E-state index contributed by atoms with van der Waals surface area (Å²) in [6, 6.07) is 0. The van der Waals surface area contributed by atoms with Gasteiger partial charge in [0.1, 0.15) is 0 Å². The third kappa shape index (κ3) is 10.3. The molecule has 1 atom stereocenters. The molecule has 0 amide bonds. The van der Waals surface area contributed by atoms with Crippen LogP contribution in [0.3, 0.4) is 0 Å². The Kier molecular flexibility index (Phi) is 11.5. The fourth-order valence-corrected chi connectivity index (χ4v) is 2.12. The Balaban J connectivity index is 3.33. The zero-order valence-electron chi connectivity index (χ0n) is 11.3. The van der Waals surface area contributed by atoms with Crippen LogP contribution in [0.5, 0.6) is 0 Å². The van der Waals surface area contributed by atoms with Gasteiger partial charge in [-0.2, -0.15) is 0 Å². The minimum Gasteiger partial charge on any atom is -0.481 e. The number of nitrogens with two attached hydrogens (primary N) is 1. The van der Waals surface area contributed by atoms with E-state index in [4.69, 9.17) is 10.8 Å². The number of hydrogen-bond donors (Lipinski definition) is 2. The van der Waals surface area contributed by atoms with Gasteiger partial charge >= 0.3 is 5.97 Å². The van der Waals surface area contributed by atoms with Crippen molar-refractivity contribution < 1.29 is 9.90 Å². The molecule has 0 aromatic rings. The monoisotopic (exact) mass is 243 g/mol. The number of aliphatic carboxylic acids is 1. The molecule has 0 aromatic carbocycles. The molecule has 0 spiro atoms. The van der Waals surface area contributed by atoms with E-state index in [0.717, 1.165) is 12.8 Å². The van der Waals surface area contributed by atoms with Crippen LogP contribution in [0, 0.1) is 5.92 Å². The number of rotatable bonds is 12. The lowest BCUT2D eigenvalue weighted by Crippen LogP contribution is -2.17. The predicted molar refractivity (Wildman–Crippen MR) is 72.0 cm³/mol. The zero-order chi connectivity index (χ0) is 12.9. The van der Waals surface area contributed by atoms with Gasteiger partial charge in [-0.25, -0.2) is 0 Å². The highest BCUT2D eigenvalue weighted by Gasteiger charge is 2.15. The van der Waals surface area contributed by atoms with Crippen LogP contribution in [-0.4, -0.2) is 17.6 Å². The van der Waals surface area contributed by atoms with E-state index >= 15 is 0 Å². The molecule has 3 heteroatoms. The van der Waals surface area contributed by atoms with E-state index in [-0.39, 0.29) is 5.92 Å². The Hall–Kier alpha value is -0.570. The molecule has 1 unspecified atom stereocenters. The number of carboxylic acid groups (broad SMARTS) is 1. The van der Waals surface area contributed by atoms with Crippen LogP contribution in [-0.2, 0) is 4.79 Å². The predicted octanol–water partition coefficient (Wildman–Crippen LogP) is 3.57.